The summed E-state index contributed by atoms with van der Waals surface area (Å²) in [6.45, 7) is 1.78. The number of nitrogens with two attached hydrogens (primary N) is 1. The lowest BCUT2D eigenvalue weighted by Gasteiger charge is -2.17. The smallest absolute Gasteiger partial charge is 0.256 e. The van der Waals surface area contributed by atoms with Gasteiger partial charge >= 0.3 is 0 Å². The zero-order valence-electron chi connectivity index (χ0n) is 17.1. The number of carbonyl (C=O) groups excluding carboxylic acids is 1. The van der Waals surface area contributed by atoms with Crippen LogP contribution in [0.5, 0.6) is 0 Å². The normalized spacial score (nSPS) is 16.1. The summed E-state index contributed by atoms with van der Waals surface area (Å²) < 4.78 is 0. The first kappa shape index (κ1) is 24.2. The van der Waals surface area contributed by atoms with Crippen molar-refractivity contribution in [2.24, 2.45) is 5.73 Å². The summed E-state index contributed by atoms with van der Waals surface area (Å²) in [5.74, 6) is 0.404. The third-order valence-corrected chi connectivity index (χ3v) is 5.50. The van der Waals surface area contributed by atoms with Crippen LogP contribution in [0.4, 0.5) is 5.82 Å². The highest BCUT2D eigenvalue weighted by Crippen LogP contribution is 2.32. The molecule has 0 bridgehead atoms. The molecule has 3 aromatic rings. The Balaban J connectivity index is 0.00000160. The minimum atomic E-state index is -0.149. The van der Waals surface area contributed by atoms with Gasteiger partial charge in [0.15, 0.2) is 0 Å². The van der Waals surface area contributed by atoms with Gasteiger partial charge in [-0.2, -0.15) is 0 Å². The van der Waals surface area contributed by atoms with Gasteiger partial charge in [0.05, 0.1) is 5.52 Å². The average Bonchev–Trinajstić information content (AvgIpc) is 3.31. The molecule has 1 fully saturated rings. The van der Waals surface area contributed by atoms with Crippen LogP contribution >= 0.6 is 24.8 Å². The van der Waals surface area contributed by atoms with E-state index in [0.717, 1.165) is 35.9 Å². The third kappa shape index (κ3) is 5.32. The van der Waals surface area contributed by atoms with Crippen LogP contribution in [0.25, 0.3) is 10.9 Å². The number of nitrogens with one attached hydrogen (secondary N) is 2. The van der Waals surface area contributed by atoms with Crippen molar-refractivity contribution in [2.75, 3.05) is 25.5 Å². The molecule has 6 nitrogen and oxygen atoms in total. The first-order valence-corrected chi connectivity index (χ1v) is 9.93. The molecular formula is C22H29Cl2N5O. The second kappa shape index (κ2) is 10.8. The van der Waals surface area contributed by atoms with Crippen molar-refractivity contribution >= 4 is 47.4 Å². The summed E-state index contributed by atoms with van der Waals surface area (Å²) >= 11 is 0. The van der Waals surface area contributed by atoms with Gasteiger partial charge in [-0.1, -0.05) is 12.1 Å². The van der Waals surface area contributed by atoms with Crippen molar-refractivity contribution in [1.29, 1.82) is 0 Å². The molecular weight excluding hydrogens is 421 g/mol. The first-order valence-electron chi connectivity index (χ1n) is 9.93. The minimum Gasteiger partial charge on any atom is -0.357 e. The van der Waals surface area contributed by atoms with E-state index in [1.807, 2.05) is 36.5 Å². The molecule has 1 aliphatic heterocycles. The fourth-order valence-electron chi connectivity index (χ4n) is 3.96. The molecule has 1 amide bonds. The van der Waals surface area contributed by atoms with Crippen LogP contribution in [0.2, 0.25) is 0 Å². The number of carbonyl (C=O) groups is 1. The molecule has 1 aliphatic rings. The Bertz CT molecular complexity index is 991. The van der Waals surface area contributed by atoms with E-state index >= 15 is 0 Å². The highest BCUT2D eigenvalue weighted by atomic mass is 35.5. The van der Waals surface area contributed by atoms with Gasteiger partial charge in [-0.05, 0) is 69.6 Å². The molecule has 1 saturated heterocycles. The van der Waals surface area contributed by atoms with Crippen molar-refractivity contribution in [3.05, 3.63) is 59.4 Å². The Labute approximate surface area is 189 Å². The van der Waals surface area contributed by atoms with Crippen LogP contribution in [-0.2, 0) is 6.42 Å². The Morgan fingerprint density at radius 1 is 1.30 bits per heavy atom. The monoisotopic (exact) mass is 449 g/mol. The lowest BCUT2D eigenvalue weighted by atomic mass is 10.1. The number of aryl methyl sites for hydroxylation is 1. The molecule has 4 rings (SSSR count). The number of pyridine rings is 1. The van der Waals surface area contributed by atoms with Crippen LogP contribution in [0.1, 0.15) is 46.9 Å². The van der Waals surface area contributed by atoms with Crippen molar-refractivity contribution in [1.82, 2.24) is 14.9 Å². The molecule has 0 spiro atoms. The van der Waals surface area contributed by atoms with E-state index in [0.29, 0.717) is 24.0 Å². The lowest BCUT2D eigenvalue weighted by Crippen LogP contribution is -2.17. The van der Waals surface area contributed by atoms with Gasteiger partial charge in [0.1, 0.15) is 5.82 Å². The summed E-state index contributed by atoms with van der Waals surface area (Å²) in [6.07, 6.45) is 6.00. The maximum absolute atomic E-state index is 12.6. The van der Waals surface area contributed by atoms with Gasteiger partial charge in [-0.15, -0.1) is 24.8 Å². The molecule has 0 aliphatic carbocycles. The SMILES string of the molecule is CN1CCC[C@@H]1c1cc2cnc(NC(=O)c3cccc(CCCN)c3)cc2[nH]1.Cl.Cl. The second-order valence-electron chi connectivity index (χ2n) is 7.57. The predicted octanol–water partition coefficient (Wildman–Crippen LogP) is 4.32. The van der Waals surface area contributed by atoms with Crippen LogP contribution in [0.3, 0.4) is 0 Å². The van der Waals surface area contributed by atoms with E-state index in [4.69, 9.17) is 5.73 Å². The number of hydrogen-bond donors (Lipinski definition) is 3. The van der Waals surface area contributed by atoms with Crippen LogP contribution in [0.15, 0.2) is 42.6 Å². The quantitative estimate of drug-likeness (QED) is 0.522. The van der Waals surface area contributed by atoms with Crippen molar-refractivity contribution < 1.29 is 4.79 Å². The summed E-state index contributed by atoms with van der Waals surface area (Å²) in [5, 5.41) is 3.98. The molecule has 1 atom stereocenters. The number of amides is 1. The van der Waals surface area contributed by atoms with Gasteiger partial charge in [-0.3, -0.25) is 9.69 Å². The maximum atomic E-state index is 12.6. The number of benzene rings is 1. The van der Waals surface area contributed by atoms with E-state index in [1.165, 1.54) is 18.5 Å². The standard InChI is InChI=1S/C22H27N5O.2ClH/c1-27-10-4-8-20(27)19-12-17-14-24-21(13-18(17)25-19)26-22(28)16-7-2-5-15(11-16)6-3-9-23;;/h2,5,7,11-14,20,25H,3-4,6,8-10,23H2,1H3,(H,24,26,28);2*1H/t20-;;/m1../s1. The summed E-state index contributed by atoms with van der Waals surface area (Å²) in [6, 6.07) is 12.2. The van der Waals surface area contributed by atoms with Gasteiger partial charge < -0.3 is 16.0 Å². The zero-order valence-corrected chi connectivity index (χ0v) is 18.7. The molecule has 0 radical (unpaired) electrons. The Morgan fingerprint density at radius 2 is 2.13 bits per heavy atom. The van der Waals surface area contributed by atoms with Gasteiger partial charge in [0.2, 0.25) is 0 Å². The number of fused-ring (bicyclic) bond motifs is 1. The van der Waals surface area contributed by atoms with Gasteiger partial charge in [0.25, 0.3) is 5.91 Å². The van der Waals surface area contributed by atoms with Crippen LogP contribution in [-0.4, -0.2) is 40.9 Å². The highest BCUT2D eigenvalue weighted by Gasteiger charge is 2.24. The molecule has 0 unspecified atom stereocenters. The summed E-state index contributed by atoms with van der Waals surface area (Å²) in [4.78, 5) is 22.9. The Hall–Kier alpha value is -2.12. The fraction of sp³-hybridized carbons (Fsp3) is 0.364. The molecule has 3 heterocycles. The van der Waals surface area contributed by atoms with Crippen molar-refractivity contribution in [3.8, 4) is 0 Å². The number of halogens is 2. The Kier molecular flexibility index (Phi) is 8.67. The number of H-pyrrole nitrogens is 1. The molecule has 4 N–H and O–H groups in total. The fourth-order valence-corrected chi connectivity index (χ4v) is 3.96. The maximum Gasteiger partial charge on any atom is 0.256 e. The second-order valence-corrected chi connectivity index (χ2v) is 7.57. The van der Waals surface area contributed by atoms with Gasteiger partial charge in [0, 0.05) is 34.9 Å². The molecule has 162 valence electrons. The molecule has 30 heavy (non-hydrogen) atoms. The molecule has 0 saturated carbocycles. The molecule has 8 heteroatoms. The van der Waals surface area contributed by atoms with Crippen molar-refractivity contribution in [3.63, 3.8) is 0 Å². The van der Waals surface area contributed by atoms with E-state index < -0.39 is 0 Å². The molecule has 1 aromatic carbocycles. The summed E-state index contributed by atoms with van der Waals surface area (Å²) in [5.41, 5.74) is 9.55. The number of likely N-dealkylation sites (tertiary alicyclic amines) is 1. The van der Waals surface area contributed by atoms with Crippen LogP contribution < -0.4 is 11.1 Å². The van der Waals surface area contributed by atoms with Crippen LogP contribution in [0, 0.1) is 0 Å². The minimum absolute atomic E-state index is 0. The molecule has 2 aromatic heterocycles. The van der Waals surface area contributed by atoms with Gasteiger partial charge in [-0.25, -0.2) is 4.98 Å². The summed E-state index contributed by atoms with van der Waals surface area (Å²) in [7, 11) is 2.16. The van der Waals surface area contributed by atoms with E-state index in [9.17, 15) is 4.79 Å². The first-order chi connectivity index (χ1) is 13.6. The number of nitrogens with zero attached hydrogens (tertiary/aromatic N) is 2. The number of anilines is 1. The highest BCUT2D eigenvalue weighted by molar-refractivity contribution is 6.04. The lowest BCUT2D eigenvalue weighted by molar-refractivity contribution is 0.102. The Morgan fingerprint density at radius 3 is 2.87 bits per heavy atom. The number of aromatic nitrogens is 2. The number of hydrogen-bond acceptors (Lipinski definition) is 4. The van der Waals surface area contributed by atoms with E-state index in [2.05, 4.69) is 33.3 Å². The largest absolute Gasteiger partial charge is 0.357 e. The van der Waals surface area contributed by atoms with E-state index in [-0.39, 0.29) is 30.7 Å². The zero-order chi connectivity index (χ0) is 19.5. The topological polar surface area (TPSA) is 87.0 Å². The predicted molar refractivity (Wildman–Crippen MR) is 127 cm³/mol. The number of aromatic amines is 1. The van der Waals surface area contributed by atoms with Crippen molar-refractivity contribution in [2.45, 2.75) is 31.7 Å². The number of rotatable bonds is 6. The third-order valence-electron chi connectivity index (χ3n) is 5.50. The average molecular weight is 450 g/mol. The van der Waals surface area contributed by atoms with E-state index in [1.54, 1.807) is 0 Å².